The second kappa shape index (κ2) is 6.40. The highest BCUT2D eigenvalue weighted by atomic mass is 32.2. The average Bonchev–Trinajstić information content (AvgIpc) is 2.26. The predicted octanol–water partition coefficient (Wildman–Crippen LogP) is 2.41. The second-order valence-corrected chi connectivity index (χ2v) is 6.36. The molecule has 112 valence electrons. The lowest BCUT2D eigenvalue weighted by atomic mass is 10.2. The van der Waals surface area contributed by atoms with E-state index in [1.165, 1.54) is 24.3 Å². The van der Waals surface area contributed by atoms with Crippen LogP contribution in [0.25, 0.3) is 0 Å². The van der Waals surface area contributed by atoms with E-state index >= 15 is 0 Å². The van der Waals surface area contributed by atoms with Gasteiger partial charge in [0.05, 0.1) is 5.75 Å². The van der Waals surface area contributed by atoms with Gasteiger partial charge in [0, 0.05) is 17.7 Å². The van der Waals surface area contributed by atoms with Gasteiger partial charge in [0.2, 0.25) is 10.0 Å². The molecule has 3 N–H and O–H groups in total. The third-order valence-corrected chi connectivity index (χ3v) is 3.92. The molecule has 0 aliphatic rings. The zero-order valence-corrected chi connectivity index (χ0v) is 11.9. The third-order valence-electron chi connectivity index (χ3n) is 2.32. The Morgan fingerprint density at radius 1 is 1.25 bits per heavy atom. The minimum absolute atomic E-state index is 0.171. The maximum atomic E-state index is 11.9. The van der Waals surface area contributed by atoms with Gasteiger partial charge in [0.25, 0.3) is 0 Å². The summed E-state index contributed by atoms with van der Waals surface area (Å²) >= 11 is 4.74. The van der Waals surface area contributed by atoms with Gasteiger partial charge in [0.15, 0.2) is 0 Å². The first-order valence-corrected chi connectivity index (χ1v) is 7.62. The van der Waals surface area contributed by atoms with E-state index in [0.29, 0.717) is 5.56 Å². The molecule has 4 nitrogen and oxygen atoms in total. The summed E-state index contributed by atoms with van der Waals surface area (Å²) in [6.45, 7) is 0. The van der Waals surface area contributed by atoms with Gasteiger partial charge in [-0.2, -0.15) is 13.2 Å². The van der Waals surface area contributed by atoms with Crippen LogP contribution in [0.15, 0.2) is 24.3 Å². The van der Waals surface area contributed by atoms with Crippen molar-refractivity contribution in [3.63, 3.8) is 0 Å². The van der Waals surface area contributed by atoms with Crippen molar-refractivity contribution in [2.45, 2.75) is 19.0 Å². The highest BCUT2D eigenvalue weighted by molar-refractivity contribution is 7.92. The molecule has 0 fully saturated rings. The molecule has 1 aromatic rings. The van der Waals surface area contributed by atoms with Crippen molar-refractivity contribution in [2.24, 2.45) is 5.73 Å². The number of alkyl halides is 3. The fraction of sp³-hybridized carbons (Fsp3) is 0.364. The molecule has 0 spiro atoms. The first-order valence-electron chi connectivity index (χ1n) is 5.56. The third kappa shape index (κ3) is 6.20. The summed E-state index contributed by atoms with van der Waals surface area (Å²) in [7, 11) is -3.80. The van der Waals surface area contributed by atoms with Crippen molar-refractivity contribution in [2.75, 3.05) is 10.5 Å². The van der Waals surface area contributed by atoms with Crippen molar-refractivity contribution >= 4 is 32.9 Å². The number of anilines is 1. The van der Waals surface area contributed by atoms with Crippen LogP contribution in [0.3, 0.4) is 0 Å². The predicted molar refractivity (Wildman–Crippen MR) is 75.0 cm³/mol. The monoisotopic (exact) mass is 326 g/mol. The Morgan fingerprint density at radius 3 is 2.25 bits per heavy atom. The number of nitrogens with two attached hydrogens (primary N) is 1. The lowest BCUT2D eigenvalue weighted by Gasteiger charge is -2.09. The summed E-state index contributed by atoms with van der Waals surface area (Å²) in [4.78, 5) is 0.171. The Balaban J connectivity index is 2.60. The molecule has 0 unspecified atom stereocenters. The molecule has 0 amide bonds. The molecule has 0 saturated carbocycles. The molecule has 0 heterocycles. The highest BCUT2D eigenvalue weighted by Gasteiger charge is 2.27. The molecule has 0 radical (unpaired) electrons. The molecular weight excluding hydrogens is 313 g/mol. The van der Waals surface area contributed by atoms with Crippen molar-refractivity contribution in [3.05, 3.63) is 29.8 Å². The Morgan fingerprint density at radius 2 is 1.80 bits per heavy atom. The van der Waals surface area contributed by atoms with E-state index in [4.69, 9.17) is 18.0 Å². The maximum absolute atomic E-state index is 11.9. The molecule has 0 atom stereocenters. The van der Waals surface area contributed by atoms with Crippen LogP contribution in [0.2, 0.25) is 0 Å². The van der Waals surface area contributed by atoms with Gasteiger partial charge < -0.3 is 5.73 Å². The number of thiocarbonyl (C=S) groups is 1. The minimum Gasteiger partial charge on any atom is -0.389 e. The van der Waals surface area contributed by atoms with Crippen molar-refractivity contribution in [3.8, 4) is 0 Å². The second-order valence-electron chi connectivity index (χ2n) is 4.08. The van der Waals surface area contributed by atoms with E-state index in [1.807, 2.05) is 0 Å². The molecule has 1 rings (SSSR count). The molecule has 0 aliphatic heterocycles. The first kappa shape index (κ1) is 16.7. The maximum Gasteiger partial charge on any atom is 0.389 e. The minimum atomic E-state index is -4.35. The molecule has 0 bridgehead atoms. The number of nitrogens with one attached hydrogen (secondary N) is 1. The van der Waals surface area contributed by atoms with E-state index in [1.54, 1.807) is 0 Å². The number of rotatable bonds is 6. The van der Waals surface area contributed by atoms with Crippen LogP contribution in [0.1, 0.15) is 18.4 Å². The Labute approximate surface area is 120 Å². The normalized spacial score (nSPS) is 12.2. The van der Waals surface area contributed by atoms with Crippen LogP contribution in [0, 0.1) is 0 Å². The van der Waals surface area contributed by atoms with E-state index in [9.17, 15) is 21.6 Å². The number of hydrogen-bond acceptors (Lipinski definition) is 3. The van der Waals surface area contributed by atoms with Gasteiger partial charge in [-0.15, -0.1) is 0 Å². The van der Waals surface area contributed by atoms with Crippen molar-refractivity contribution in [1.29, 1.82) is 0 Å². The molecule has 0 saturated heterocycles. The van der Waals surface area contributed by atoms with Gasteiger partial charge in [-0.25, -0.2) is 8.42 Å². The Hall–Kier alpha value is -1.35. The number of sulfonamides is 1. The summed E-state index contributed by atoms with van der Waals surface area (Å²) in [6, 6.07) is 5.93. The van der Waals surface area contributed by atoms with Gasteiger partial charge in [-0.3, -0.25) is 4.72 Å². The summed E-state index contributed by atoms with van der Waals surface area (Å²) in [6.07, 6.45) is -5.97. The SMILES string of the molecule is NC(=S)c1ccc(NS(=O)(=O)CCCC(F)(F)F)cc1. The van der Waals surface area contributed by atoms with E-state index in [0.717, 1.165) is 0 Å². The van der Waals surface area contributed by atoms with E-state index < -0.39 is 34.8 Å². The van der Waals surface area contributed by atoms with Crippen LogP contribution in [0.4, 0.5) is 18.9 Å². The standard InChI is InChI=1S/C11H13F3N2O2S2/c12-11(13,14)6-1-7-20(17,18)16-9-4-2-8(3-5-9)10(15)19/h2-5,16H,1,6-7H2,(H2,15,19). The average molecular weight is 326 g/mol. The van der Waals surface area contributed by atoms with Gasteiger partial charge in [0.1, 0.15) is 4.99 Å². The highest BCUT2D eigenvalue weighted by Crippen LogP contribution is 2.22. The van der Waals surface area contributed by atoms with Gasteiger partial charge >= 0.3 is 6.18 Å². The van der Waals surface area contributed by atoms with Crippen LogP contribution in [-0.2, 0) is 10.0 Å². The quantitative estimate of drug-likeness (QED) is 0.788. The fourth-order valence-electron chi connectivity index (χ4n) is 1.40. The number of hydrogen-bond donors (Lipinski definition) is 2. The molecular formula is C11H13F3N2O2S2. The zero-order valence-electron chi connectivity index (χ0n) is 10.3. The van der Waals surface area contributed by atoms with Gasteiger partial charge in [-0.05, 0) is 30.7 Å². The topological polar surface area (TPSA) is 72.2 Å². The van der Waals surface area contributed by atoms with Crippen molar-refractivity contribution in [1.82, 2.24) is 0 Å². The summed E-state index contributed by atoms with van der Waals surface area (Å²) in [5, 5.41) is 0. The van der Waals surface area contributed by atoms with E-state index in [-0.39, 0.29) is 10.7 Å². The smallest absolute Gasteiger partial charge is 0.389 e. The lowest BCUT2D eigenvalue weighted by molar-refractivity contribution is -0.134. The summed E-state index contributed by atoms with van der Waals surface area (Å²) in [5.74, 6) is -0.594. The first-order chi connectivity index (χ1) is 9.09. The van der Waals surface area contributed by atoms with E-state index in [2.05, 4.69) is 4.72 Å². The molecule has 0 aliphatic carbocycles. The summed E-state index contributed by atoms with van der Waals surface area (Å²) < 4.78 is 61.2. The fourth-order valence-corrected chi connectivity index (χ4v) is 2.65. The lowest BCUT2D eigenvalue weighted by Crippen LogP contribution is -2.19. The molecule has 20 heavy (non-hydrogen) atoms. The number of benzene rings is 1. The number of halogens is 3. The zero-order chi connectivity index (χ0) is 15.4. The largest absolute Gasteiger partial charge is 0.389 e. The Kier molecular flexibility index (Phi) is 5.35. The van der Waals surface area contributed by atoms with Crippen LogP contribution < -0.4 is 10.5 Å². The van der Waals surface area contributed by atoms with Crippen molar-refractivity contribution < 1.29 is 21.6 Å². The van der Waals surface area contributed by atoms with Crippen LogP contribution >= 0.6 is 12.2 Å². The molecule has 9 heteroatoms. The Bertz CT molecular complexity index is 568. The summed E-state index contributed by atoms with van der Waals surface area (Å²) in [5.41, 5.74) is 6.20. The molecule has 0 aromatic heterocycles. The van der Waals surface area contributed by atoms with Crippen LogP contribution in [0.5, 0.6) is 0 Å². The van der Waals surface area contributed by atoms with Gasteiger partial charge in [-0.1, -0.05) is 12.2 Å². The van der Waals surface area contributed by atoms with Crippen LogP contribution in [-0.4, -0.2) is 25.3 Å². The molecule has 1 aromatic carbocycles.